The van der Waals surface area contributed by atoms with Gasteiger partial charge in [-0.25, -0.2) is 0 Å². The Kier molecular flexibility index (Phi) is 4.20. The summed E-state index contributed by atoms with van der Waals surface area (Å²) in [4.78, 5) is 1.11. The monoisotopic (exact) mass is 271 g/mol. The van der Waals surface area contributed by atoms with Gasteiger partial charge in [0.15, 0.2) is 5.82 Å². The first kappa shape index (κ1) is 13.0. The molecule has 1 saturated carbocycles. The highest BCUT2D eigenvalue weighted by molar-refractivity contribution is 7.99. The van der Waals surface area contributed by atoms with Crippen molar-refractivity contribution < 1.29 is 0 Å². The maximum atomic E-state index is 5.84. The number of nitrogens with zero attached hydrogens (tertiary/aromatic N) is 1. The number of nitrogen functional groups attached to an aromatic ring is 1. The lowest BCUT2D eigenvalue weighted by Crippen LogP contribution is -2.25. The van der Waals surface area contributed by atoms with Crippen LogP contribution in [0.5, 0.6) is 0 Å². The summed E-state index contributed by atoms with van der Waals surface area (Å²) in [7, 11) is 0. The minimum absolute atomic E-state index is 0.508. The van der Waals surface area contributed by atoms with Crippen molar-refractivity contribution in [2.24, 2.45) is 5.41 Å². The summed E-state index contributed by atoms with van der Waals surface area (Å²) in [6, 6.07) is 0. The van der Waals surface area contributed by atoms with Gasteiger partial charge >= 0.3 is 0 Å². The zero-order valence-electron chi connectivity index (χ0n) is 10.6. The van der Waals surface area contributed by atoms with E-state index in [0.717, 1.165) is 16.4 Å². The van der Waals surface area contributed by atoms with Gasteiger partial charge < -0.3 is 11.1 Å². The molecular weight excluding hydrogens is 250 g/mol. The molecule has 1 aliphatic rings. The summed E-state index contributed by atoms with van der Waals surface area (Å²) in [5.74, 6) is 0.668. The van der Waals surface area contributed by atoms with Gasteiger partial charge in [-0.2, -0.15) is 4.37 Å². The zero-order chi connectivity index (χ0) is 12.3. The Balaban J connectivity index is 2.01. The van der Waals surface area contributed by atoms with Gasteiger partial charge in [-0.1, -0.05) is 19.8 Å². The molecule has 2 rings (SSSR count). The largest absolute Gasteiger partial charge is 0.382 e. The molecule has 0 aliphatic heterocycles. The van der Waals surface area contributed by atoms with E-state index >= 15 is 0 Å². The van der Waals surface area contributed by atoms with Crippen LogP contribution in [0.4, 0.5) is 10.8 Å². The minimum atomic E-state index is 0.508. The molecule has 0 bridgehead atoms. The van der Waals surface area contributed by atoms with Crippen LogP contribution in [0, 0.1) is 5.41 Å². The Labute approximate surface area is 112 Å². The van der Waals surface area contributed by atoms with Crippen molar-refractivity contribution in [3.8, 4) is 0 Å². The van der Waals surface area contributed by atoms with E-state index < -0.39 is 0 Å². The van der Waals surface area contributed by atoms with Crippen molar-refractivity contribution in [3.63, 3.8) is 0 Å². The van der Waals surface area contributed by atoms with E-state index in [2.05, 4.69) is 22.9 Å². The fraction of sp³-hybridized carbons (Fsp3) is 0.750. The van der Waals surface area contributed by atoms with Crippen molar-refractivity contribution in [3.05, 3.63) is 0 Å². The first-order valence-corrected chi connectivity index (χ1v) is 8.23. The highest BCUT2D eigenvalue weighted by Crippen LogP contribution is 2.42. The highest BCUT2D eigenvalue weighted by atomic mass is 32.2. The lowest BCUT2D eigenvalue weighted by atomic mass is 9.83. The van der Waals surface area contributed by atoms with Gasteiger partial charge in [0.25, 0.3) is 0 Å². The molecule has 0 spiro atoms. The molecule has 1 aromatic rings. The number of thioether (sulfide) groups is 1. The maximum absolute atomic E-state index is 5.84. The van der Waals surface area contributed by atoms with Crippen LogP contribution in [0.25, 0.3) is 0 Å². The van der Waals surface area contributed by atoms with Crippen molar-refractivity contribution in [1.29, 1.82) is 0 Å². The minimum Gasteiger partial charge on any atom is -0.382 e. The third-order valence-corrected chi connectivity index (χ3v) is 5.69. The number of nitrogens with one attached hydrogen (secondary N) is 1. The molecule has 3 N–H and O–H groups in total. The SMILES string of the molecule is CCC1(CNc2snc(N)c2SC)CCCC1. The molecule has 1 aliphatic carbocycles. The quantitative estimate of drug-likeness (QED) is 0.799. The summed E-state index contributed by atoms with van der Waals surface area (Å²) < 4.78 is 4.22. The van der Waals surface area contributed by atoms with E-state index in [0.29, 0.717) is 11.2 Å². The molecule has 1 aromatic heterocycles. The van der Waals surface area contributed by atoms with Crippen LogP contribution in [0.3, 0.4) is 0 Å². The van der Waals surface area contributed by atoms with Crippen molar-refractivity contribution in [2.45, 2.75) is 43.9 Å². The Bertz CT molecular complexity index is 370. The van der Waals surface area contributed by atoms with Gasteiger partial charge in [-0.3, -0.25) is 0 Å². The lowest BCUT2D eigenvalue weighted by molar-refractivity contribution is 0.307. The average Bonchev–Trinajstić information content (AvgIpc) is 2.94. The molecule has 0 atom stereocenters. The molecule has 5 heteroatoms. The van der Waals surface area contributed by atoms with Crippen molar-refractivity contribution in [2.75, 3.05) is 23.9 Å². The van der Waals surface area contributed by atoms with Crippen LogP contribution in [0.15, 0.2) is 4.90 Å². The normalized spacial score (nSPS) is 18.5. The third kappa shape index (κ3) is 2.71. The topological polar surface area (TPSA) is 50.9 Å². The summed E-state index contributed by atoms with van der Waals surface area (Å²) in [6.07, 6.45) is 8.81. The number of hydrogen-bond acceptors (Lipinski definition) is 5. The molecule has 0 radical (unpaired) electrons. The lowest BCUT2D eigenvalue weighted by Gasteiger charge is -2.27. The van der Waals surface area contributed by atoms with Crippen LogP contribution in [0.1, 0.15) is 39.0 Å². The maximum Gasteiger partial charge on any atom is 0.153 e. The summed E-state index contributed by atoms with van der Waals surface area (Å²) in [5.41, 5.74) is 6.35. The van der Waals surface area contributed by atoms with Crippen LogP contribution < -0.4 is 11.1 Å². The van der Waals surface area contributed by atoms with Crippen molar-refractivity contribution >= 4 is 34.1 Å². The van der Waals surface area contributed by atoms with Crippen LogP contribution in [-0.4, -0.2) is 17.2 Å². The van der Waals surface area contributed by atoms with Gasteiger partial charge in [0, 0.05) is 6.54 Å². The first-order valence-electron chi connectivity index (χ1n) is 6.24. The molecule has 96 valence electrons. The van der Waals surface area contributed by atoms with E-state index in [1.165, 1.54) is 43.6 Å². The smallest absolute Gasteiger partial charge is 0.153 e. The molecule has 17 heavy (non-hydrogen) atoms. The standard InChI is InChI=1S/C12H21N3S2/c1-3-12(6-4-5-7-12)8-14-11-9(16-2)10(13)15-17-11/h14H,3-8H2,1-2H3,(H2,13,15). The fourth-order valence-electron chi connectivity index (χ4n) is 2.65. The second-order valence-electron chi connectivity index (χ2n) is 4.84. The molecule has 1 heterocycles. The Morgan fingerprint density at radius 2 is 2.18 bits per heavy atom. The second-order valence-corrected chi connectivity index (χ2v) is 6.43. The van der Waals surface area contributed by atoms with Gasteiger partial charge in [-0.05, 0) is 42.5 Å². The molecular formula is C12H21N3S2. The molecule has 3 nitrogen and oxygen atoms in total. The van der Waals surface area contributed by atoms with Gasteiger partial charge in [0.05, 0.1) is 4.90 Å². The summed E-state index contributed by atoms with van der Waals surface area (Å²) in [6.45, 7) is 3.38. The Morgan fingerprint density at radius 3 is 2.76 bits per heavy atom. The Morgan fingerprint density at radius 1 is 1.47 bits per heavy atom. The van der Waals surface area contributed by atoms with Crippen LogP contribution in [0.2, 0.25) is 0 Å². The second kappa shape index (κ2) is 5.48. The number of aromatic nitrogens is 1. The van der Waals surface area contributed by atoms with Crippen LogP contribution in [-0.2, 0) is 0 Å². The molecule has 0 aromatic carbocycles. The van der Waals surface area contributed by atoms with Gasteiger partial charge in [0.2, 0.25) is 0 Å². The first-order chi connectivity index (χ1) is 8.21. The van der Waals surface area contributed by atoms with E-state index in [1.54, 1.807) is 11.8 Å². The van der Waals surface area contributed by atoms with Gasteiger partial charge in [-0.15, -0.1) is 11.8 Å². The number of anilines is 2. The predicted molar refractivity (Wildman–Crippen MR) is 78.0 cm³/mol. The number of rotatable bonds is 5. The highest BCUT2D eigenvalue weighted by Gasteiger charge is 2.32. The zero-order valence-corrected chi connectivity index (χ0v) is 12.2. The summed E-state index contributed by atoms with van der Waals surface area (Å²) >= 11 is 3.16. The third-order valence-electron chi connectivity index (χ3n) is 3.92. The predicted octanol–water partition coefficient (Wildman–Crippen LogP) is 3.83. The van der Waals surface area contributed by atoms with Gasteiger partial charge in [0.1, 0.15) is 5.00 Å². The summed E-state index contributed by atoms with van der Waals surface area (Å²) in [5, 5.41) is 4.72. The Hall–Kier alpha value is -0.420. The fourth-order valence-corrected chi connectivity index (χ4v) is 4.19. The van der Waals surface area contributed by atoms with E-state index in [9.17, 15) is 0 Å². The number of nitrogens with two attached hydrogens (primary N) is 1. The molecule has 0 unspecified atom stereocenters. The molecule has 0 amide bonds. The van der Waals surface area contributed by atoms with Crippen molar-refractivity contribution in [1.82, 2.24) is 4.37 Å². The van der Waals surface area contributed by atoms with E-state index in [1.807, 2.05) is 0 Å². The van der Waals surface area contributed by atoms with Crippen LogP contribution >= 0.6 is 23.3 Å². The number of hydrogen-bond donors (Lipinski definition) is 2. The van der Waals surface area contributed by atoms with E-state index in [-0.39, 0.29) is 0 Å². The molecule has 0 saturated heterocycles. The average molecular weight is 271 g/mol. The molecule has 1 fully saturated rings. The van der Waals surface area contributed by atoms with E-state index in [4.69, 9.17) is 5.73 Å².